The monoisotopic (exact) mass is 379 g/mol. The number of benzene rings is 2. The zero-order valence-electron chi connectivity index (χ0n) is 14.8. The number of fused-ring (bicyclic) bond motifs is 1. The quantitative estimate of drug-likeness (QED) is 0.830. The van der Waals surface area contributed by atoms with Crippen molar-refractivity contribution < 1.29 is 27.4 Å². The Labute approximate surface area is 152 Å². The number of hydrogen-bond acceptors (Lipinski definition) is 6. The predicted molar refractivity (Wildman–Crippen MR) is 95.7 cm³/mol. The van der Waals surface area contributed by atoms with E-state index in [-0.39, 0.29) is 4.90 Å². The zero-order valence-corrected chi connectivity index (χ0v) is 15.6. The maximum atomic E-state index is 12.7. The Kier molecular flexibility index (Phi) is 5.24. The molecule has 0 radical (unpaired) electrons. The van der Waals surface area contributed by atoms with Gasteiger partial charge in [0, 0.05) is 12.1 Å². The molecule has 1 aliphatic heterocycles. The minimum absolute atomic E-state index is 0.0968. The molecule has 0 aromatic heterocycles. The molecule has 0 spiro atoms. The van der Waals surface area contributed by atoms with Gasteiger partial charge in [-0.2, -0.15) is 0 Å². The zero-order chi connectivity index (χ0) is 18.7. The molecule has 26 heavy (non-hydrogen) atoms. The number of hydrogen-bond donors (Lipinski definition) is 1. The third-order valence-electron chi connectivity index (χ3n) is 4.06. The average Bonchev–Trinajstić information content (AvgIpc) is 2.66. The summed E-state index contributed by atoms with van der Waals surface area (Å²) in [5.41, 5.74) is 0.776. The fraction of sp³-hybridized carbons (Fsp3) is 0.333. The minimum atomic E-state index is -3.74. The van der Waals surface area contributed by atoms with Gasteiger partial charge < -0.3 is 18.9 Å². The highest BCUT2D eigenvalue weighted by Gasteiger charge is 2.22. The van der Waals surface area contributed by atoms with E-state index in [0.29, 0.717) is 36.2 Å². The maximum absolute atomic E-state index is 12.7. The van der Waals surface area contributed by atoms with Crippen molar-refractivity contribution in [3.63, 3.8) is 0 Å². The Morgan fingerprint density at radius 1 is 0.962 bits per heavy atom. The van der Waals surface area contributed by atoms with Crippen molar-refractivity contribution in [1.29, 1.82) is 0 Å². The third kappa shape index (κ3) is 3.71. The first kappa shape index (κ1) is 18.3. The van der Waals surface area contributed by atoms with Crippen LogP contribution in [0, 0.1) is 0 Å². The molecule has 1 atom stereocenters. The van der Waals surface area contributed by atoms with Crippen molar-refractivity contribution in [2.45, 2.75) is 17.9 Å². The summed E-state index contributed by atoms with van der Waals surface area (Å²) < 4.78 is 49.4. The minimum Gasteiger partial charge on any atom is -0.493 e. The van der Waals surface area contributed by atoms with Crippen LogP contribution in [0.25, 0.3) is 0 Å². The van der Waals surface area contributed by atoms with Gasteiger partial charge in [0.2, 0.25) is 10.0 Å². The summed E-state index contributed by atoms with van der Waals surface area (Å²) in [6.45, 7) is 2.75. The Balaban J connectivity index is 1.83. The smallest absolute Gasteiger partial charge is 0.241 e. The van der Waals surface area contributed by atoms with E-state index in [1.807, 2.05) is 6.07 Å². The highest BCUT2D eigenvalue weighted by atomic mass is 32.2. The highest BCUT2D eigenvalue weighted by molar-refractivity contribution is 7.89. The Bertz CT molecular complexity index is 897. The Hall–Kier alpha value is -2.45. The van der Waals surface area contributed by atoms with Gasteiger partial charge in [-0.25, -0.2) is 13.1 Å². The molecule has 0 fully saturated rings. The Morgan fingerprint density at radius 3 is 2.35 bits per heavy atom. The van der Waals surface area contributed by atoms with E-state index in [4.69, 9.17) is 18.9 Å². The van der Waals surface area contributed by atoms with E-state index in [1.54, 1.807) is 25.1 Å². The van der Waals surface area contributed by atoms with Crippen LogP contribution >= 0.6 is 0 Å². The van der Waals surface area contributed by atoms with Gasteiger partial charge in [-0.15, -0.1) is 0 Å². The van der Waals surface area contributed by atoms with Gasteiger partial charge in [-0.1, -0.05) is 6.07 Å². The van der Waals surface area contributed by atoms with Gasteiger partial charge in [0.05, 0.1) is 19.1 Å². The molecule has 0 aliphatic carbocycles. The molecule has 0 saturated carbocycles. The van der Waals surface area contributed by atoms with Gasteiger partial charge >= 0.3 is 0 Å². The number of rotatable bonds is 6. The van der Waals surface area contributed by atoms with E-state index < -0.39 is 16.1 Å². The third-order valence-corrected chi connectivity index (χ3v) is 5.60. The predicted octanol–water partition coefficient (Wildman–Crippen LogP) is 2.51. The molecule has 0 bridgehead atoms. The number of sulfonamides is 1. The van der Waals surface area contributed by atoms with Crippen LogP contribution in [0.5, 0.6) is 23.0 Å². The molecule has 3 rings (SSSR count). The lowest BCUT2D eigenvalue weighted by molar-refractivity contribution is 0.171. The molecule has 1 heterocycles. The molecule has 0 saturated heterocycles. The first-order valence-corrected chi connectivity index (χ1v) is 9.57. The van der Waals surface area contributed by atoms with E-state index in [9.17, 15) is 8.42 Å². The van der Waals surface area contributed by atoms with Crippen molar-refractivity contribution in [3.8, 4) is 23.0 Å². The molecule has 8 heteroatoms. The second-order valence-corrected chi connectivity index (χ2v) is 7.48. The second-order valence-electron chi connectivity index (χ2n) is 5.76. The van der Waals surface area contributed by atoms with Crippen molar-refractivity contribution >= 4 is 10.0 Å². The standard InChI is InChI=1S/C18H21NO6S/c1-12(13-4-6-16-18(10-13)25-9-8-24-16)19-26(20,21)14-5-7-15(22-2)17(11-14)23-3/h4-7,10-12,19H,8-9H2,1-3H3/t12-/m0/s1. The van der Waals surface area contributed by atoms with Crippen LogP contribution in [-0.4, -0.2) is 35.9 Å². The molecule has 7 nitrogen and oxygen atoms in total. The number of nitrogens with one attached hydrogen (secondary N) is 1. The summed E-state index contributed by atoms with van der Waals surface area (Å²) in [7, 11) is -0.792. The van der Waals surface area contributed by atoms with Crippen LogP contribution in [0.1, 0.15) is 18.5 Å². The molecule has 140 valence electrons. The molecular formula is C18H21NO6S. The van der Waals surface area contributed by atoms with E-state index in [1.165, 1.54) is 26.4 Å². The van der Waals surface area contributed by atoms with Crippen LogP contribution in [-0.2, 0) is 10.0 Å². The molecular weight excluding hydrogens is 358 g/mol. The largest absolute Gasteiger partial charge is 0.493 e. The molecule has 2 aromatic rings. The average molecular weight is 379 g/mol. The fourth-order valence-electron chi connectivity index (χ4n) is 2.68. The van der Waals surface area contributed by atoms with Crippen molar-refractivity contribution in [3.05, 3.63) is 42.0 Å². The summed E-state index contributed by atoms with van der Waals surface area (Å²) in [5, 5.41) is 0. The lowest BCUT2D eigenvalue weighted by Gasteiger charge is -2.21. The maximum Gasteiger partial charge on any atom is 0.241 e. The first-order valence-electron chi connectivity index (χ1n) is 8.08. The van der Waals surface area contributed by atoms with E-state index in [0.717, 1.165) is 5.56 Å². The van der Waals surface area contributed by atoms with Gasteiger partial charge in [0.1, 0.15) is 13.2 Å². The lowest BCUT2D eigenvalue weighted by atomic mass is 10.1. The normalized spacial score (nSPS) is 14.6. The van der Waals surface area contributed by atoms with Crippen LogP contribution < -0.4 is 23.7 Å². The second kappa shape index (κ2) is 7.43. The molecule has 0 unspecified atom stereocenters. The van der Waals surface area contributed by atoms with E-state index >= 15 is 0 Å². The first-order chi connectivity index (χ1) is 12.4. The molecule has 0 amide bonds. The molecule has 2 aromatic carbocycles. The van der Waals surface area contributed by atoms with Gasteiger partial charge in [-0.05, 0) is 36.8 Å². The van der Waals surface area contributed by atoms with Crippen molar-refractivity contribution in [2.24, 2.45) is 0 Å². The number of methoxy groups -OCH3 is 2. The summed E-state index contributed by atoms with van der Waals surface area (Å²) in [4.78, 5) is 0.0968. The molecule has 1 aliphatic rings. The molecule has 1 N–H and O–H groups in total. The van der Waals surface area contributed by atoms with Crippen LogP contribution in [0.3, 0.4) is 0 Å². The summed E-state index contributed by atoms with van der Waals surface area (Å²) >= 11 is 0. The lowest BCUT2D eigenvalue weighted by Crippen LogP contribution is -2.27. The summed E-state index contributed by atoms with van der Waals surface area (Å²) in [6, 6.07) is 9.39. The van der Waals surface area contributed by atoms with Gasteiger partial charge in [0.15, 0.2) is 23.0 Å². The van der Waals surface area contributed by atoms with Crippen LogP contribution in [0.2, 0.25) is 0 Å². The number of ether oxygens (including phenoxy) is 4. The summed E-state index contributed by atoms with van der Waals surface area (Å²) in [6.07, 6.45) is 0. The van der Waals surface area contributed by atoms with E-state index in [2.05, 4.69) is 4.72 Å². The SMILES string of the molecule is COc1ccc(S(=O)(=O)N[C@@H](C)c2ccc3c(c2)OCCO3)cc1OC. The topological polar surface area (TPSA) is 83.1 Å². The fourth-order valence-corrected chi connectivity index (χ4v) is 3.93. The van der Waals surface area contributed by atoms with Crippen molar-refractivity contribution in [1.82, 2.24) is 4.72 Å². The van der Waals surface area contributed by atoms with Crippen LogP contribution in [0.15, 0.2) is 41.3 Å². The van der Waals surface area contributed by atoms with Crippen molar-refractivity contribution in [2.75, 3.05) is 27.4 Å². The summed E-state index contributed by atoms with van der Waals surface area (Å²) in [5.74, 6) is 2.09. The van der Waals surface area contributed by atoms with Gasteiger partial charge in [0.25, 0.3) is 0 Å². The van der Waals surface area contributed by atoms with Gasteiger partial charge in [-0.3, -0.25) is 0 Å². The van der Waals surface area contributed by atoms with Crippen LogP contribution in [0.4, 0.5) is 0 Å². The highest BCUT2D eigenvalue weighted by Crippen LogP contribution is 2.33. The Morgan fingerprint density at radius 2 is 1.65 bits per heavy atom.